The van der Waals surface area contributed by atoms with Crippen LogP contribution in [0, 0.1) is 0 Å². The Morgan fingerprint density at radius 2 is 1.08 bits per heavy atom. The van der Waals surface area contributed by atoms with Crippen LogP contribution in [0.1, 0.15) is 23.6 Å². The van der Waals surface area contributed by atoms with Crippen molar-refractivity contribution >= 4 is 15.9 Å². The van der Waals surface area contributed by atoms with Crippen LogP contribution in [0.4, 0.5) is 0 Å². The van der Waals surface area contributed by atoms with Gasteiger partial charge in [0.25, 0.3) is 0 Å². The van der Waals surface area contributed by atoms with Gasteiger partial charge < -0.3 is 0 Å². The topological polar surface area (TPSA) is 38.7 Å². The second-order valence-corrected chi connectivity index (χ2v) is 10.9. The summed E-state index contributed by atoms with van der Waals surface area (Å²) in [7, 11) is 0. The van der Waals surface area contributed by atoms with E-state index in [1.807, 2.05) is 60.7 Å². The van der Waals surface area contributed by atoms with Crippen molar-refractivity contribution in [3.63, 3.8) is 0 Å². The summed E-state index contributed by atoms with van der Waals surface area (Å²) in [5.74, 6) is 2.00. The lowest BCUT2D eigenvalue weighted by atomic mass is 9.74. The first-order valence-electron chi connectivity index (χ1n) is 13.0. The maximum atomic E-state index is 5.06. The monoisotopic (exact) mass is 565 g/mol. The zero-order valence-corrected chi connectivity index (χ0v) is 22.9. The molecule has 0 fully saturated rings. The summed E-state index contributed by atoms with van der Waals surface area (Å²) in [6, 6.07) is 44.1. The number of hydrogen-bond acceptors (Lipinski definition) is 3. The zero-order valence-electron chi connectivity index (χ0n) is 21.3. The van der Waals surface area contributed by atoms with Crippen LogP contribution in [-0.2, 0) is 5.41 Å². The standard InChI is InChI=1S/C35H24BrN3/c1-35(25-16-9-4-10-17-25)29-19-11-18-28(31(29)27-21-20-26(36)22-30(27)35)34-38-32(23-12-5-2-6-13-23)37-33(39-34)24-14-7-3-8-15-24/h2-22H,1H3. The Morgan fingerprint density at radius 3 is 1.69 bits per heavy atom. The third-order valence-electron chi connectivity index (χ3n) is 7.68. The number of benzene rings is 5. The zero-order chi connectivity index (χ0) is 26.4. The summed E-state index contributed by atoms with van der Waals surface area (Å²) in [5, 5.41) is 0. The maximum Gasteiger partial charge on any atom is 0.164 e. The molecule has 1 unspecified atom stereocenters. The Morgan fingerprint density at radius 1 is 0.513 bits per heavy atom. The highest BCUT2D eigenvalue weighted by molar-refractivity contribution is 9.10. The molecule has 186 valence electrons. The van der Waals surface area contributed by atoms with E-state index >= 15 is 0 Å². The van der Waals surface area contributed by atoms with Crippen molar-refractivity contribution < 1.29 is 0 Å². The highest BCUT2D eigenvalue weighted by atomic mass is 79.9. The fourth-order valence-corrected chi connectivity index (χ4v) is 6.11. The van der Waals surface area contributed by atoms with Crippen LogP contribution in [0.2, 0.25) is 0 Å². The van der Waals surface area contributed by atoms with Crippen molar-refractivity contribution in [2.24, 2.45) is 0 Å². The smallest absolute Gasteiger partial charge is 0.164 e. The quantitative estimate of drug-likeness (QED) is 0.214. The largest absolute Gasteiger partial charge is 0.208 e. The highest BCUT2D eigenvalue weighted by Gasteiger charge is 2.42. The minimum atomic E-state index is -0.316. The molecule has 1 atom stereocenters. The van der Waals surface area contributed by atoms with Gasteiger partial charge in [0.2, 0.25) is 0 Å². The normalized spacial score (nSPS) is 15.5. The lowest BCUT2D eigenvalue weighted by molar-refractivity contribution is 0.713. The number of fused-ring (bicyclic) bond motifs is 3. The summed E-state index contributed by atoms with van der Waals surface area (Å²) in [4.78, 5) is 15.0. The Labute approximate surface area is 236 Å². The number of aromatic nitrogens is 3. The molecule has 0 bridgehead atoms. The molecule has 1 aliphatic carbocycles. The first-order chi connectivity index (χ1) is 19.1. The predicted molar refractivity (Wildman–Crippen MR) is 161 cm³/mol. The Hall–Kier alpha value is -4.41. The Balaban J connectivity index is 1.52. The van der Waals surface area contributed by atoms with Crippen molar-refractivity contribution in [3.05, 3.63) is 149 Å². The average molecular weight is 567 g/mol. The third kappa shape index (κ3) is 3.91. The summed E-state index contributed by atoms with van der Waals surface area (Å²) in [5.41, 5.74) is 8.78. The van der Waals surface area contributed by atoms with Crippen LogP contribution in [0.15, 0.2) is 132 Å². The molecule has 0 saturated carbocycles. The van der Waals surface area contributed by atoms with Gasteiger partial charge in [-0.3, -0.25) is 0 Å². The molecular weight excluding hydrogens is 542 g/mol. The van der Waals surface area contributed by atoms with E-state index in [-0.39, 0.29) is 5.41 Å². The van der Waals surface area contributed by atoms with Gasteiger partial charge in [-0.05, 0) is 46.9 Å². The minimum absolute atomic E-state index is 0.316. The second-order valence-electron chi connectivity index (χ2n) is 9.95. The van der Waals surface area contributed by atoms with Gasteiger partial charge in [0.05, 0.1) is 0 Å². The van der Waals surface area contributed by atoms with Gasteiger partial charge in [0.15, 0.2) is 17.5 Å². The van der Waals surface area contributed by atoms with Crippen molar-refractivity contribution in [2.75, 3.05) is 0 Å². The molecule has 0 radical (unpaired) electrons. The predicted octanol–water partition coefficient (Wildman–Crippen LogP) is 8.97. The van der Waals surface area contributed by atoms with Gasteiger partial charge in [0, 0.05) is 26.6 Å². The number of hydrogen-bond donors (Lipinski definition) is 0. The molecule has 1 aromatic heterocycles. The van der Waals surface area contributed by atoms with Gasteiger partial charge in [-0.15, -0.1) is 0 Å². The lowest BCUT2D eigenvalue weighted by Crippen LogP contribution is -2.22. The SMILES string of the molecule is CC1(c2ccccc2)c2cc(Br)ccc2-c2c(-c3nc(-c4ccccc4)nc(-c4ccccc4)n3)cccc21. The van der Waals surface area contributed by atoms with E-state index in [4.69, 9.17) is 15.0 Å². The average Bonchev–Trinajstić information content (AvgIpc) is 3.26. The van der Waals surface area contributed by atoms with E-state index in [0.717, 1.165) is 21.2 Å². The van der Waals surface area contributed by atoms with Crippen LogP contribution >= 0.6 is 15.9 Å². The number of halogens is 1. The van der Waals surface area contributed by atoms with Crippen LogP contribution in [0.3, 0.4) is 0 Å². The van der Waals surface area contributed by atoms with Crippen molar-refractivity contribution in [2.45, 2.75) is 12.3 Å². The summed E-state index contributed by atoms with van der Waals surface area (Å²) < 4.78 is 1.07. The van der Waals surface area contributed by atoms with E-state index in [1.54, 1.807) is 0 Å². The van der Waals surface area contributed by atoms with Crippen molar-refractivity contribution in [1.29, 1.82) is 0 Å². The van der Waals surface area contributed by atoms with Gasteiger partial charge in [-0.2, -0.15) is 0 Å². The molecule has 0 saturated heterocycles. The molecule has 0 N–H and O–H groups in total. The number of nitrogens with zero attached hydrogens (tertiary/aromatic N) is 3. The van der Waals surface area contributed by atoms with Crippen LogP contribution in [-0.4, -0.2) is 15.0 Å². The molecule has 1 heterocycles. The van der Waals surface area contributed by atoms with Gasteiger partial charge in [0.1, 0.15) is 0 Å². The van der Waals surface area contributed by atoms with Gasteiger partial charge in [-0.25, -0.2) is 15.0 Å². The Kier molecular flexibility index (Phi) is 5.71. The maximum absolute atomic E-state index is 5.06. The van der Waals surface area contributed by atoms with E-state index in [9.17, 15) is 0 Å². The Bertz CT molecular complexity index is 1760. The lowest BCUT2D eigenvalue weighted by Gasteiger charge is -2.28. The molecule has 4 heteroatoms. The van der Waals surface area contributed by atoms with E-state index in [1.165, 1.54) is 27.8 Å². The van der Waals surface area contributed by atoms with Gasteiger partial charge in [-0.1, -0.05) is 131 Å². The van der Waals surface area contributed by atoms with E-state index in [2.05, 4.69) is 89.6 Å². The third-order valence-corrected chi connectivity index (χ3v) is 8.18. The number of rotatable bonds is 4. The van der Waals surface area contributed by atoms with Gasteiger partial charge >= 0.3 is 0 Å². The molecule has 5 aromatic carbocycles. The fourth-order valence-electron chi connectivity index (χ4n) is 5.75. The molecule has 6 aromatic rings. The molecule has 1 aliphatic rings. The fraction of sp³-hybridized carbons (Fsp3) is 0.0571. The molecule has 39 heavy (non-hydrogen) atoms. The second kappa shape index (κ2) is 9.40. The summed E-state index contributed by atoms with van der Waals surface area (Å²) in [6.07, 6.45) is 0. The minimum Gasteiger partial charge on any atom is -0.208 e. The summed E-state index contributed by atoms with van der Waals surface area (Å²) in [6.45, 7) is 2.32. The van der Waals surface area contributed by atoms with Crippen LogP contribution in [0.25, 0.3) is 45.3 Å². The van der Waals surface area contributed by atoms with E-state index < -0.39 is 0 Å². The summed E-state index contributed by atoms with van der Waals surface area (Å²) >= 11 is 3.74. The van der Waals surface area contributed by atoms with Crippen LogP contribution < -0.4 is 0 Å². The molecule has 7 rings (SSSR count). The molecule has 0 amide bonds. The molecule has 3 nitrogen and oxygen atoms in total. The first kappa shape index (κ1) is 23.7. The molecular formula is C35H24BrN3. The van der Waals surface area contributed by atoms with Crippen molar-refractivity contribution in [3.8, 4) is 45.3 Å². The molecule has 0 aliphatic heterocycles. The van der Waals surface area contributed by atoms with E-state index in [0.29, 0.717) is 17.5 Å². The van der Waals surface area contributed by atoms with Crippen LogP contribution in [0.5, 0.6) is 0 Å². The first-order valence-corrected chi connectivity index (χ1v) is 13.8. The molecule has 0 spiro atoms. The van der Waals surface area contributed by atoms with Crippen molar-refractivity contribution in [1.82, 2.24) is 15.0 Å². The highest BCUT2D eigenvalue weighted by Crippen LogP contribution is 2.55.